The lowest BCUT2D eigenvalue weighted by Crippen LogP contribution is -2.48. The number of thiazole rings is 1. The zero-order valence-corrected chi connectivity index (χ0v) is 17.9. The van der Waals surface area contributed by atoms with Crippen LogP contribution in [0.1, 0.15) is 30.5 Å². The number of nitrogens with zero attached hydrogens (tertiary/aromatic N) is 3. The highest BCUT2D eigenvalue weighted by molar-refractivity contribution is 7.13. The van der Waals surface area contributed by atoms with Crippen molar-refractivity contribution in [2.24, 2.45) is 0 Å². The Morgan fingerprint density at radius 3 is 2.47 bits per heavy atom. The number of piperazine rings is 1. The molecule has 4 rings (SSSR count). The predicted molar refractivity (Wildman–Crippen MR) is 119 cm³/mol. The van der Waals surface area contributed by atoms with E-state index in [1.54, 1.807) is 23.5 Å². The Bertz CT molecular complexity index is 966. The number of hydrogen-bond donors (Lipinski definition) is 0. The standard InChI is InChI=1S/C24H26FN3OS/c1-18(19-7-9-21(25)10-8-19)15-23(29)28-13-11-27(12-14-28)16-22-17-30-24(26-22)20-5-3-2-4-6-20/h2-10,17-18H,11-16H2,1H3. The fourth-order valence-electron chi connectivity index (χ4n) is 3.78. The van der Waals surface area contributed by atoms with E-state index in [0.29, 0.717) is 6.42 Å². The first-order valence-corrected chi connectivity index (χ1v) is 11.2. The third-order valence-corrected chi connectivity index (χ3v) is 6.54. The molecule has 1 unspecified atom stereocenters. The van der Waals surface area contributed by atoms with Crippen LogP contribution >= 0.6 is 11.3 Å². The van der Waals surface area contributed by atoms with Crippen molar-refractivity contribution in [1.82, 2.24) is 14.8 Å². The van der Waals surface area contributed by atoms with Gasteiger partial charge in [0, 0.05) is 50.1 Å². The molecule has 2 heterocycles. The number of carbonyl (C=O) groups excluding carboxylic acids is 1. The minimum absolute atomic E-state index is 0.0857. The highest BCUT2D eigenvalue weighted by Gasteiger charge is 2.23. The monoisotopic (exact) mass is 423 g/mol. The molecule has 0 saturated carbocycles. The normalized spacial score (nSPS) is 15.9. The second-order valence-electron chi connectivity index (χ2n) is 7.82. The lowest BCUT2D eigenvalue weighted by atomic mass is 9.97. The summed E-state index contributed by atoms with van der Waals surface area (Å²) in [6.45, 7) is 6.03. The number of hydrogen-bond acceptors (Lipinski definition) is 4. The summed E-state index contributed by atoms with van der Waals surface area (Å²) in [7, 11) is 0. The molecule has 30 heavy (non-hydrogen) atoms. The Morgan fingerprint density at radius 1 is 1.07 bits per heavy atom. The third kappa shape index (κ3) is 5.12. The molecule has 0 N–H and O–H groups in total. The van der Waals surface area contributed by atoms with Crippen LogP contribution in [-0.2, 0) is 11.3 Å². The van der Waals surface area contributed by atoms with E-state index in [1.807, 2.05) is 30.0 Å². The van der Waals surface area contributed by atoms with Gasteiger partial charge in [-0.05, 0) is 23.6 Å². The van der Waals surface area contributed by atoms with Crippen molar-refractivity contribution >= 4 is 17.2 Å². The molecule has 0 radical (unpaired) electrons. The molecule has 4 nitrogen and oxygen atoms in total. The molecule has 1 aliphatic heterocycles. The molecule has 0 aliphatic carbocycles. The summed E-state index contributed by atoms with van der Waals surface area (Å²) >= 11 is 1.68. The summed E-state index contributed by atoms with van der Waals surface area (Å²) in [4.78, 5) is 21.8. The molecule has 1 fully saturated rings. The highest BCUT2D eigenvalue weighted by Crippen LogP contribution is 2.24. The van der Waals surface area contributed by atoms with Crippen LogP contribution in [0.4, 0.5) is 4.39 Å². The topological polar surface area (TPSA) is 36.4 Å². The molecular formula is C24H26FN3OS. The second-order valence-corrected chi connectivity index (χ2v) is 8.68. The average molecular weight is 424 g/mol. The van der Waals surface area contributed by atoms with Gasteiger partial charge in [0.05, 0.1) is 5.69 Å². The van der Waals surface area contributed by atoms with Gasteiger partial charge in [-0.25, -0.2) is 9.37 Å². The Kier molecular flexibility index (Phi) is 6.55. The first-order chi connectivity index (χ1) is 14.6. The van der Waals surface area contributed by atoms with Crippen molar-refractivity contribution in [3.05, 3.63) is 77.1 Å². The smallest absolute Gasteiger partial charge is 0.223 e. The lowest BCUT2D eigenvalue weighted by Gasteiger charge is -2.35. The van der Waals surface area contributed by atoms with Gasteiger partial charge in [0.15, 0.2) is 0 Å². The van der Waals surface area contributed by atoms with Gasteiger partial charge in [-0.1, -0.05) is 49.4 Å². The number of benzene rings is 2. The molecule has 1 atom stereocenters. The number of amides is 1. The van der Waals surface area contributed by atoms with Crippen molar-refractivity contribution in [3.63, 3.8) is 0 Å². The summed E-state index contributed by atoms with van der Waals surface area (Å²) in [5.74, 6) is 0.0124. The number of rotatable bonds is 6. The Labute approximate surface area is 181 Å². The van der Waals surface area contributed by atoms with Crippen molar-refractivity contribution in [3.8, 4) is 10.6 Å². The van der Waals surface area contributed by atoms with E-state index in [0.717, 1.165) is 54.6 Å². The van der Waals surface area contributed by atoms with Crippen molar-refractivity contribution in [2.45, 2.75) is 25.8 Å². The van der Waals surface area contributed by atoms with E-state index >= 15 is 0 Å². The van der Waals surface area contributed by atoms with Crippen LogP contribution in [0.25, 0.3) is 10.6 Å². The fourth-order valence-corrected chi connectivity index (χ4v) is 4.59. The van der Waals surface area contributed by atoms with E-state index in [2.05, 4.69) is 22.4 Å². The van der Waals surface area contributed by atoms with Crippen LogP contribution in [0, 0.1) is 5.82 Å². The van der Waals surface area contributed by atoms with Crippen molar-refractivity contribution < 1.29 is 9.18 Å². The summed E-state index contributed by atoms with van der Waals surface area (Å²) in [5.41, 5.74) is 3.24. The van der Waals surface area contributed by atoms with E-state index in [1.165, 1.54) is 12.1 Å². The van der Waals surface area contributed by atoms with Crippen LogP contribution in [0.3, 0.4) is 0 Å². The molecule has 1 amide bonds. The van der Waals surface area contributed by atoms with E-state index in [-0.39, 0.29) is 17.6 Å². The Hall–Kier alpha value is -2.57. The molecular weight excluding hydrogens is 397 g/mol. The maximum absolute atomic E-state index is 13.1. The van der Waals surface area contributed by atoms with Crippen LogP contribution in [0.2, 0.25) is 0 Å². The largest absolute Gasteiger partial charge is 0.340 e. The average Bonchev–Trinajstić information content (AvgIpc) is 3.24. The maximum atomic E-state index is 13.1. The van der Waals surface area contributed by atoms with E-state index in [9.17, 15) is 9.18 Å². The zero-order chi connectivity index (χ0) is 20.9. The molecule has 3 aromatic rings. The van der Waals surface area contributed by atoms with Gasteiger partial charge in [-0.15, -0.1) is 11.3 Å². The molecule has 1 aromatic heterocycles. The molecule has 156 valence electrons. The van der Waals surface area contributed by atoms with Crippen LogP contribution in [0.15, 0.2) is 60.0 Å². The third-order valence-electron chi connectivity index (χ3n) is 5.60. The van der Waals surface area contributed by atoms with Crippen LogP contribution in [0.5, 0.6) is 0 Å². The predicted octanol–water partition coefficient (Wildman–Crippen LogP) is 4.79. The van der Waals surface area contributed by atoms with Gasteiger partial charge in [-0.2, -0.15) is 0 Å². The van der Waals surface area contributed by atoms with Gasteiger partial charge in [0.25, 0.3) is 0 Å². The summed E-state index contributed by atoms with van der Waals surface area (Å²) < 4.78 is 13.1. The molecule has 0 spiro atoms. The first-order valence-electron chi connectivity index (χ1n) is 10.3. The Morgan fingerprint density at radius 2 is 1.77 bits per heavy atom. The summed E-state index contributed by atoms with van der Waals surface area (Å²) in [5, 5.41) is 3.18. The number of carbonyl (C=O) groups is 1. The molecule has 0 bridgehead atoms. The van der Waals surface area contributed by atoms with Gasteiger partial charge in [0.1, 0.15) is 10.8 Å². The van der Waals surface area contributed by atoms with Crippen LogP contribution < -0.4 is 0 Å². The van der Waals surface area contributed by atoms with Crippen molar-refractivity contribution in [2.75, 3.05) is 26.2 Å². The molecule has 1 saturated heterocycles. The lowest BCUT2D eigenvalue weighted by molar-refractivity contribution is -0.133. The molecule has 1 aliphatic rings. The highest BCUT2D eigenvalue weighted by atomic mass is 32.1. The van der Waals surface area contributed by atoms with Gasteiger partial charge in [-0.3, -0.25) is 9.69 Å². The zero-order valence-electron chi connectivity index (χ0n) is 17.1. The number of halogens is 1. The first kappa shape index (κ1) is 20.7. The van der Waals surface area contributed by atoms with Gasteiger partial charge >= 0.3 is 0 Å². The second kappa shape index (κ2) is 9.49. The minimum atomic E-state index is -0.246. The summed E-state index contributed by atoms with van der Waals surface area (Å²) in [6.07, 6.45) is 0.457. The maximum Gasteiger partial charge on any atom is 0.223 e. The summed E-state index contributed by atoms with van der Waals surface area (Å²) in [6, 6.07) is 16.7. The quantitative estimate of drug-likeness (QED) is 0.572. The molecule has 6 heteroatoms. The SMILES string of the molecule is CC(CC(=O)N1CCN(Cc2csc(-c3ccccc3)n2)CC1)c1ccc(F)cc1. The minimum Gasteiger partial charge on any atom is -0.340 e. The van der Waals surface area contributed by atoms with E-state index < -0.39 is 0 Å². The van der Waals surface area contributed by atoms with E-state index in [4.69, 9.17) is 4.98 Å². The van der Waals surface area contributed by atoms with Crippen LogP contribution in [-0.4, -0.2) is 46.9 Å². The molecule has 2 aromatic carbocycles. The van der Waals surface area contributed by atoms with Gasteiger partial charge in [0.2, 0.25) is 5.91 Å². The Balaban J connectivity index is 1.26. The number of aromatic nitrogens is 1. The van der Waals surface area contributed by atoms with Crippen molar-refractivity contribution in [1.29, 1.82) is 0 Å². The van der Waals surface area contributed by atoms with Gasteiger partial charge < -0.3 is 4.90 Å². The fraction of sp³-hybridized carbons (Fsp3) is 0.333.